The van der Waals surface area contributed by atoms with Crippen LogP contribution in [-0.2, 0) is 20.7 Å². The van der Waals surface area contributed by atoms with Gasteiger partial charge in [-0.1, -0.05) is 63.9 Å². The predicted molar refractivity (Wildman–Crippen MR) is 129 cm³/mol. The zero-order valence-corrected chi connectivity index (χ0v) is 20.6. The normalized spacial score (nSPS) is 24.8. The van der Waals surface area contributed by atoms with Crippen molar-refractivity contribution < 1.29 is 18.8 Å². The molecule has 0 N–H and O–H groups in total. The summed E-state index contributed by atoms with van der Waals surface area (Å²) in [5.74, 6) is 0.153. The summed E-state index contributed by atoms with van der Waals surface area (Å²) in [6.45, 7) is 7.77. The highest BCUT2D eigenvalue weighted by atomic mass is 16.5. The van der Waals surface area contributed by atoms with Gasteiger partial charge in [-0.05, 0) is 62.3 Å². The molecule has 1 heterocycles. The van der Waals surface area contributed by atoms with E-state index in [0.717, 1.165) is 57.9 Å². The van der Waals surface area contributed by atoms with Gasteiger partial charge in [0.2, 0.25) is 0 Å². The molecule has 0 spiro atoms. The third kappa shape index (κ3) is 6.01. The number of aryl methyl sites for hydroxylation is 1. The molecule has 0 radical (unpaired) electrons. The van der Waals surface area contributed by atoms with E-state index in [0.29, 0.717) is 17.5 Å². The molecule has 4 nitrogen and oxygen atoms in total. The third-order valence-corrected chi connectivity index (χ3v) is 8.06. The SMILES string of the molecule is CCC(C)(C)CC(=O)[N+]1(C2CCCCC2)CCCCC1C(=O)OCCCc1ccccc1. The van der Waals surface area contributed by atoms with Crippen molar-refractivity contribution in [1.82, 2.24) is 0 Å². The van der Waals surface area contributed by atoms with Crippen LogP contribution in [0.1, 0.15) is 97.0 Å². The van der Waals surface area contributed by atoms with Crippen LogP contribution in [0.15, 0.2) is 30.3 Å². The molecule has 2 fully saturated rings. The van der Waals surface area contributed by atoms with E-state index in [1.165, 1.54) is 24.8 Å². The Hall–Kier alpha value is -1.68. The van der Waals surface area contributed by atoms with E-state index >= 15 is 0 Å². The third-order valence-electron chi connectivity index (χ3n) is 8.06. The molecular formula is C28H44NO3+. The van der Waals surface area contributed by atoms with Crippen molar-refractivity contribution in [1.29, 1.82) is 0 Å². The van der Waals surface area contributed by atoms with Gasteiger partial charge in [0.15, 0.2) is 6.04 Å². The van der Waals surface area contributed by atoms with Gasteiger partial charge < -0.3 is 4.74 Å². The van der Waals surface area contributed by atoms with Crippen molar-refractivity contribution in [3.8, 4) is 0 Å². The molecule has 3 rings (SSSR count). The average molecular weight is 443 g/mol. The first-order valence-corrected chi connectivity index (χ1v) is 13.0. The van der Waals surface area contributed by atoms with Gasteiger partial charge in [0.05, 0.1) is 25.6 Å². The summed E-state index contributed by atoms with van der Waals surface area (Å²) >= 11 is 0. The van der Waals surface area contributed by atoms with Crippen LogP contribution in [0.3, 0.4) is 0 Å². The maximum Gasteiger partial charge on any atom is 0.365 e. The Kier molecular flexibility index (Phi) is 8.93. The van der Waals surface area contributed by atoms with E-state index in [4.69, 9.17) is 4.74 Å². The Morgan fingerprint density at radius 3 is 2.38 bits per heavy atom. The monoisotopic (exact) mass is 442 g/mol. The Morgan fingerprint density at radius 2 is 1.69 bits per heavy atom. The second-order valence-electron chi connectivity index (χ2n) is 10.8. The van der Waals surface area contributed by atoms with Crippen LogP contribution in [0.25, 0.3) is 0 Å². The van der Waals surface area contributed by atoms with Gasteiger partial charge in [-0.15, -0.1) is 0 Å². The fourth-order valence-corrected chi connectivity index (χ4v) is 5.76. The van der Waals surface area contributed by atoms with E-state index in [9.17, 15) is 9.59 Å². The summed E-state index contributed by atoms with van der Waals surface area (Å²) in [6, 6.07) is 10.3. The maximum atomic E-state index is 14.0. The van der Waals surface area contributed by atoms with Crippen LogP contribution >= 0.6 is 0 Å². The number of esters is 1. The summed E-state index contributed by atoms with van der Waals surface area (Å²) in [5.41, 5.74) is 1.24. The second kappa shape index (κ2) is 11.4. The van der Waals surface area contributed by atoms with Crippen LogP contribution in [0, 0.1) is 5.41 Å². The molecule has 1 saturated carbocycles. The van der Waals surface area contributed by atoms with Crippen LogP contribution in [-0.4, -0.2) is 41.6 Å². The molecular weight excluding hydrogens is 398 g/mol. The molecule has 2 unspecified atom stereocenters. The molecule has 178 valence electrons. The Labute approximate surface area is 195 Å². The second-order valence-corrected chi connectivity index (χ2v) is 10.8. The smallest absolute Gasteiger partial charge is 0.365 e. The minimum Gasteiger partial charge on any atom is -0.461 e. The Bertz CT molecular complexity index is 738. The summed E-state index contributed by atoms with van der Waals surface area (Å²) in [6.07, 6.45) is 11.8. The minimum absolute atomic E-state index is 0.0292. The maximum absolute atomic E-state index is 14.0. The highest BCUT2D eigenvalue weighted by Gasteiger charge is 2.55. The molecule has 4 heteroatoms. The lowest BCUT2D eigenvalue weighted by molar-refractivity contribution is -0.902. The number of likely N-dealkylation sites (tertiary alicyclic amines) is 1. The number of ether oxygens (including phenoxy) is 1. The Morgan fingerprint density at radius 1 is 1.00 bits per heavy atom. The zero-order valence-electron chi connectivity index (χ0n) is 20.6. The number of hydrogen-bond acceptors (Lipinski definition) is 3. The van der Waals surface area contributed by atoms with Crippen molar-refractivity contribution in [2.75, 3.05) is 13.2 Å². The number of amides is 1. The van der Waals surface area contributed by atoms with Gasteiger partial charge in [-0.3, -0.25) is 0 Å². The molecule has 1 aromatic carbocycles. The summed E-state index contributed by atoms with van der Waals surface area (Å²) in [7, 11) is 0. The van der Waals surface area contributed by atoms with Gasteiger partial charge >= 0.3 is 11.9 Å². The van der Waals surface area contributed by atoms with E-state index in [-0.39, 0.29) is 29.4 Å². The van der Waals surface area contributed by atoms with Gasteiger partial charge in [-0.25, -0.2) is 14.1 Å². The quantitative estimate of drug-likeness (QED) is 0.259. The fourth-order valence-electron chi connectivity index (χ4n) is 5.76. The van der Waals surface area contributed by atoms with E-state index in [1.54, 1.807) is 0 Å². The number of rotatable bonds is 9. The van der Waals surface area contributed by atoms with E-state index in [1.807, 2.05) is 18.2 Å². The molecule has 0 bridgehead atoms. The molecule has 1 saturated heterocycles. The summed E-state index contributed by atoms with van der Waals surface area (Å²) < 4.78 is 6.23. The van der Waals surface area contributed by atoms with Crippen molar-refractivity contribution >= 4 is 11.9 Å². The molecule has 2 atom stereocenters. The first kappa shape index (κ1) is 25.0. The molecule has 2 aliphatic rings. The van der Waals surface area contributed by atoms with Crippen LogP contribution in [0.4, 0.5) is 0 Å². The van der Waals surface area contributed by atoms with Crippen LogP contribution < -0.4 is 0 Å². The standard InChI is InChI=1S/C28H44NO3/c1-4-28(2,3)22-26(30)29(24-17-9-6-10-18-24)20-12-11-19-25(29)27(31)32-21-13-16-23-14-7-5-8-15-23/h5,7-8,14-15,24-25H,4,6,9-13,16-22H2,1-3H3/q+1. The largest absolute Gasteiger partial charge is 0.461 e. The number of hydrogen-bond donors (Lipinski definition) is 0. The lowest BCUT2D eigenvalue weighted by Crippen LogP contribution is -2.69. The van der Waals surface area contributed by atoms with Crippen LogP contribution in [0.5, 0.6) is 0 Å². The molecule has 1 aliphatic heterocycles. The van der Waals surface area contributed by atoms with Crippen molar-refractivity contribution in [3.63, 3.8) is 0 Å². The van der Waals surface area contributed by atoms with E-state index in [2.05, 4.69) is 32.9 Å². The van der Waals surface area contributed by atoms with Gasteiger partial charge in [0.25, 0.3) is 0 Å². The van der Waals surface area contributed by atoms with Crippen LogP contribution in [0.2, 0.25) is 0 Å². The highest BCUT2D eigenvalue weighted by molar-refractivity contribution is 5.79. The summed E-state index contributed by atoms with van der Waals surface area (Å²) in [4.78, 5) is 27.4. The van der Waals surface area contributed by atoms with E-state index < -0.39 is 0 Å². The molecule has 1 aliphatic carbocycles. The highest BCUT2D eigenvalue weighted by Crippen LogP contribution is 2.40. The molecule has 1 aromatic rings. The number of nitrogens with zero attached hydrogens (tertiary/aromatic N) is 1. The van der Waals surface area contributed by atoms with Gasteiger partial charge in [0.1, 0.15) is 0 Å². The lowest BCUT2D eigenvalue weighted by atomic mass is 9.81. The number of quaternary nitrogens is 1. The molecule has 0 aromatic heterocycles. The lowest BCUT2D eigenvalue weighted by Gasteiger charge is -2.50. The van der Waals surface area contributed by atoms with Crippen molar-refractivity contribution in [2.24, 2.45) is 5.41 Å². The van der Waals surface area contributed by atoms with Gasteiger partial charge in [-0.2, -0.15) is 0 Å². The number of benzene rings is 1. The molecule has 1 amide bonds. The number of piperidine rings is 1. The average Bonchev–Trinajstić information content (AvgIpc) is 2.82. The topological polar surface area (TPSA) is 43.4 Å². The zero-order chi connectivity index (χ0) is 23.0. The number of carbonyl (C=O) groups is 2. The first-order valence-electron chi connectivity index (χ1n) is 13.0. The van der Waals surface area contributed by atoms with Crippen molar-refractivity contribution in [3.05, 3.63) is 35.9 Å². The Balaban J connectivity index is 1.73. The molecule has 32 heavy (non-hydrogen) atoms. The fraction of sp³-hybridized carbons (Fsp3) is 0.714. The number of carbonyl (C=O) groups excluding carboxylic acids is 2. The minimum atomic E-state index is -0.316. The summed E-state index contributed by atoms with van der Waals surface area (Å²) in [5, 5.41) is 0. The first-order chi connectivity index (χ1) is 15.4. The van der Waals surface area contributed by atoms with Gasteiger partial charge in [0, 0.05) is 6.42 Å². The van der Waals surface area contributed by atoms with Crippen molar-refractivity contribution in [2.45, 2.75) is 110 Å². The predicted octanol–water partition coefficient (Wildman–Crippen LogP) is 6.22.